The van der Waals surface area contributed by atoms with E-state index in [1.165, 1.54) is 0 Å². The molecule has 2 aromatic rings. The van der Waals surface area contributed by atoms with Gasteiger partial charge < -0.3 is 5.32 Å². The van der Waals surface area contributed by atoms with Gasteiger partial charge in [0.05, 0.1) is 11.7 Å². The first-order valence-corrected chi connectivity index (χ1v) is 5.68. The second kappa shape index (κ2) is 5.42. The van der Waals surface area contributed by atoms with Gasteiger partial charge in [-0.25, -0.2) is 10.8 Å². The molecular weight excluding hydrogens is 228 g/mol. The summed E-state index contributed by atoms with van der Waals surface area (Å²) in [6.45, 7) is 3.97. The number of hydrazine groups is 1. The van der Waals surface area contributed by atoms with Gasteiger partial charge in [-0.15, -0.1) is 0 Å². The van der Waals surface area contributed by atoms with Crippen LogP contribution in [0.2, 0.25) is 0 Å². The maximum absolute atomic E-state index is 5.30. The maximum atomic E-state index is 5.30. The van der Waals surface area contributed by atoms with E-state index >= 15 is 0 Å². The molecule has 0 aromatic carbocycles. The molecule has 94 valence electrons. The molecular formula is C12H16N6. The fraction of sp³-hybridized carbons (Fsp3) is 0.250. The summed E-state index contributed by atoms with van der Waals surface area (Å²) in [4.78, 5) is 12.6. The largest absolute Gasteiger partial charge is 0.362 e. The molecule has 0 saturated carbocycles. The lowest BCUT2D eigenvalue weighted by Crippen LogP contribution is -2.14. The lowest BCUT2D eigenvalue weighted by Gasteiger charge is -2.15. The van der Waals surface area contributed by atoms with Crippen LogP contribution in [0.5, 0.6) is 0 Å². The second-order valence-electron chi connectivity index (χ2n) is 3.99. The van der Waals surface area contributed by atoms with Crippen LogP contribution in [-0.4, -0.2) is 15.0 Å². The van der Waals surface area contributed by atoms with Crippen LogP contribution < -0.4 is 16.6 Å². The standard InChI is InChI=1S/C12H16N6/c1-8-7-15-12(18-13)17-11(8)16-9(2)10-5-3-4-6-14-10/h3-7,9H,13H2,1-2H3,(H2,15,16,17,18). The summed E-state index contributed by atoms with van der Waals surface area (Å²) in [7, 11) is 0. The fourth-order valence-corrected chi connectivity index (χ4v) is 1.57. The first-order valence-electron chi connectivity index (χ1n) is 5.68. The molecule has 0 aliphatic heterocycles. The number of hydrogen-bond donors (Lipinski definition) is 3. The minimum atomic E-state index is 0.0606. The van der Waals surface area contributed by atoms with Crippen LogP contribution in [0.1, 0.15) is 24.2 Å². The molecule has 0 amide bonds. The van der Waals surface area contributed by atoms with Gasteiger partial charge in [0.25, 0.3) is 0 Å². The Labute approximate surface area is 106 Å². The molecule has 0 bridgehead atoms. The minimum Gasteiger partial charge on any atom is -0.362 e. The lowest BCUT2D eigenvalue weighted by atomic mass is 10.2. The SMILES string of the molecule is Cc1cnc(NN)nc1NC(C)c1ccccn1. The Balaban J connectivity index is 2.18. The van der Waals surface area contributed by atoms with Crippen molar-refractivity contribution in [2.45, 2.75) is 19.9 Å². The maximum Gasteiger partial charge on any atom is 0.239 e. The van der Waals surface area contributed by atoms with Crippen molar-refractivity contribution in [3.8, 4) is 0 Å². The van der Waals surface area contributed by atoms with Crippen LogP contribution in [0.3, 0.4) is 0 Å². The first-order chi connectivity index (χ1) is 8.70. The van der Waals surface area contributed by atoms with E-state index in [0.29, 0.717) is 5.95 Å². The number of hydrogen-bond acceptors (Lipinski definition) is 6. The monoisotopic (exact) mass is 244 g/mol. The number of aryl methyl sites for hydroxylation is 1. The van der Waals surface area contributed by atoms with Gasteiger partial charge in [0.2, 0.25) is 5.95 Å². The Morgan fingerprint density at radius 3 is 2.78 bits per heavy atom. The van der Waals surface area contributed by atoms with Crippen LogP contribution in [0.15, 0.2) is 30.6 Å². The van der Waals surface area contributed by atoms with Crippen molar-refractivity contribution < 1.29 is 0 Å². The van der Waals surface area contributed by atoms with Crippen LogP contribution in [-0.2, 0) is 0 Å². The highest BCUT2D eigenvalue weighted by Gasteiger charge is 2.09. The molecule has 0 saturated heterocycles. The van der Waals surface area contributed by atoms with Crippen molar-refractivity contribution in [2.75, 3.05) is 10.7 Å². The van der Waals surface area contributed by atoms with Crippen molar-refractivity contribution in [1.82, 2.24) is 15.0 Å². The minimum absolute atomic E-state index is 0.0606. The number of nitrogens with two attached hydrogens (primary N) is 1. The number of nitrogen functional groups attached to an aromatic ring is 1. The predicted molar refractivity (Wildman–Crippen MR) is 70.9 cm³/mol. The van der Waals surface area contributed by atoms with Gasteiger partial charge in [0.1, 0.15) is 5.82 Å². The van der Waals surface area contributed by atoms with Gasteiger partial charge >= 0.3 is 0 Å². The van der Waals surface area contributed by atoms with E-state index in [-0.39, 0.29) is 6.04 Å². The van der Waals surface area contributed by atoms with Crippen molar-refractivity contribution in [1.29, 1.82) is 0 Å². The van der Waals surface area contributed by atoms with Gasteiger partial charge in [-0.2, -0.15) is 4.98 Å². The molecule has 6 heteroatoms. The van der Waals surface area contributed by atoms with Gasteiger partial charge in [-0.05, 0) is 26.0 Å². The Hall–Kier alpha value is -2.21. The van der Waals surface area contributed by atoms with E-state index in [2.05, 4.69) is 25.7 Å². The average Bonchev–Trinajstić information content (AvgIpc) is 2.42. The normalized spacial score (nSPS) is 11.9. The molecule has 18 heavy (non-hydrogen) atoms. The van der Waals surface area contributed by atoms with Crippen LogP contribution >= 0.6 is 0 Å². The van der Waals surface area contributed by atoms with Crippen LogP contribution in [0, 0.1) is 6.92 Å². The third kappa shape index (κ3) is 2.72. The number of nitrogens with zero attached hydrogens (tertiary/aromatic N) is 3. The second-order valence-corrected chi connectivity index (χ2v) is 3.99. The molecule has 4 N–H and O–H groups in total. The summed E-state index contributed by atoms with van der Waals surface area (Å²) in [5.41, 5.74) is 4.34. The lowest BCUT2D eigenvalue weighted by molar-refractivity contribution is 0.828. The number of pyridine rings is 1. The molecule has 2 aromatic heterocycles. The summed E-state index contributed by atoms with van der Waals surface area (Å²) in [6, 6.07) is 5.88. The highest BCUT2D eigenvalue weighted by molar-refractivity contribution is 5.47. The number of anilines is 2. The van der Waals surface area contributed by atoms with E-state index in [1.54, 1.807) is 12.4 Å². The highest BCUT2D eigenvalue weighted by atomic mass is 15.3. The zero-order valence-electron chi connectivity index (χ0n) is 10.4. The van der Waals surface area contributed by atoms with Crippen molar-refractivity contribution in [3.63, 3.8) is 0 Å². The molecule has 0 aliphatic rings. The molecule has 0 spiro atoms. The zero-order valence-corrected chi connectivity index (χ0v) is 10.4. The average molecular weight is 244 g/mol. The van der Waals surface area contributed by atoms with Crippen molar-refractivity contribution in [3.05, 3.63) is 41.9 Å². The third-order valence-electron chi connectivity index (χ3n) is 2.59. The Bertz CT molecular complexity index is 513. The van der Waals surface area contributed by atoms with Gasteiger partial charge in [-0.3, -0.25) is 10.4 Å². The zero-order chi connectivity index (χ0) is 13.0. The van der Waals surface area contributed by atoms with Gasteiger partial charge in [0, 0.05) is 18.0 Å². The summed E-state index contributed by atoms with van der Waals surface area (Å²) in [6.07, 6.45) is 3.49. The van der Waals surface area contributed by atoms with Crippen LogP contribution in [0.4, 0.5) is 11.8 Å². The van der Waals surface area contributed by atoms with E-state index in [0.717, 1.165) is 17.1 Å². The van der Waals surface area contributed by atoms with E-state index in [9.17, 15) is 0 Å². The quantitative estimate of drug-likeness (QED) is 0.559. The summed E-state index contributed by atoms with van der Waals surface area (Å²) in [5, 5.41) is 3.29. The van der Waals surface area contributed by atoms with E-state index in [4.69, 9.17) is 5.84 Å². The molecule has 1 unspecified atom stereocenters. The van der Waals surface area contributed by atoms with Crippen molar-refractivity contribution >= 4 is 11.8 Å². The highest BCUT2D eigenvalue weighted by Crippen LogP contribution is 2.19. The number of nitrogens with one attached hydrogen (secondary N) is 2. The van der Waals surface area contributed by atoms with Gasteiger partial charge in [0.15, 0.2) is 0 Å². The Kier molecular flexibility index (Phi) is 3.69. The van der Waals surface area contributed by atoms with E-state index in [1.807, 2.05) is 32.0 Å². The fourth-order valence-electron chi connectivity index (χ4n) is 1.57. The summed E-state index contributed by atoms with van der Waals surface area (Å²) >= 11 is 0. The third-order valence-corrected chi connectivity index (χ3v) is 2.59. The van der Waals surface area contributed by atoms with Gasteiger partial charge in [-0.1, -0.05) is 6.07 Å². The van der Waals surface area contributed by atoms with E-state index < -0.39 is 0 Å². The predicted octanol–water partition coefficient (Wildman–Crippen LogP) is 1.64. The molecule has 0 radical (unpaired) electrons. The smallest absolute Gasteiger partial charge is 0.239 e. The van der Waals surface area contributed by atoms with Crippen molar-refractivity contribution in [2.24, 2.45) is 5.84 Å². The first kappa shape index (κ1) is 12.3. The molecule has 1 atom stereocenters. The van der Waals surface area contributed by atoms with Crippen LogP contribution in [0.25, 0.3) is 0 Å². The summed E-state index contributed by atoms with van der Waals surface area (Å²) in [5.74, 6) is 6.43. The molecule has 0 fully saturated rings. The molecule has 2 rings (SSSR count). The number of rotatable bonds is 4. The Morgan fingerprint density at radius 1 is 1.28 bits per heavy atom. The summed E-state index contributed by atoms with van der Waals surface area (Å²) < 4.78 is 0. The molecule has 0 aliphatic carbocycles. The molecule has 6 nitrogen and oxygen atoms in total. The number of aromatic nitrogens is 3. The Morgan fingerprint density at radius 2 is 2.11 bits per heavy atom. The topological polar surface area (TPSA) is 88.8 Å². The molecule has 2 heterocycles.